The largest absolute Gasteiger partial charge is 0.481 e. The second-order valence-corrected chi connectivity index (χ2v) is 5.67. The van der Waals surface area contributed by atoms with Crippen LogP contribution in [0, 0.1) is 0 Å². The molecule has 126 valence electrons. The summed E-state index contributed by atoms with van der Waals surface area (Å²) < 4.78 is 5.03. The molecule has 0 aliphatic carbocycles. The molecule has 1 aliphatic rings. The Hall–Kier alpha value is -2.70. The van der Waals surface area contributed by atoms with E-state index in [1.165, 1.54) is 26.4 Å². The molecule has 7 heteroatoms. The van der Waals surface area contributed by atoms with Crippen LogP contribution in [0.3, 0.4) is 0 Å². The molecule has 0 saturated carbocycles. The number of carbonyl (C=O) groups excluding carboxylic acids is 1. The molecule has 7 nitrogen and oxygen atoms in total. The molecule has 0 aromatic carbocycles. The Kier molecular flexibility index (Phi) is 5.20. The Morgan fingerprint density at radius 1 is 1.21 bits per heavy atom. The summed E-state index contributed by atoms with van der Waals surface area (Å²) in [6.45, 7) is 2.34. The molecular weight excluding hydrogens is 306 g/mol. The number of nitrogens with one attached hydrogen (secondary N) is 1. The first-order chi connectivity index (χ1) is 11.8. The van der Waals surface area contributed by atoms with E-state index in [0.717, 1.165) is 24.7 Å². The summed E-state index contributed by atoms with van der Waals surface area (Å²) in [7, 11) is 1.52. The van der Waals surface area contributed by atoms with Crippen LogP contribution in [-0.4, -0.2) is 41.1 Å². The lowest BCUT2D eigenvalue weighted by Gasteiger charge is -2.26. The summed E-state index contributed by atoms with van der Waals surface area (Å²) in [5.41, 5.74) is 1.30. The van der Waals surface area contributed by atoms with Crippen molar-refractivity contribution in [2.75, 3.05) is 25.1 Å². The molecule has 1 N–H and O–H groups in total. The molecular formula is C17H21N5O2. The number of nitrogens with zero attached hydrogens (tertiary/aromatic N) is 4. The van der Waals surface area contributed by atoms with Gasteiger partial charge in [0.2, 0.25) is 11.8 Å². The van der Waals surface area contributed by atoms with Crippen LogP contribution in [0.25, 0.3) is 0 Å². The predicted molar refractivity (Wildman–Crippen MR) is 90.1 cm³/mol. The Morgan fingerprint density at radius 3 is 2.79 bits per heavy atom. The fourth-order valence-corrected chi connectivity index (χ4v) is 2.66. The van der Waals surface area contributed by atoms with Crippen LogP contribution in [0.1, 0.15) is 35.3 Å². The lowest BCUT2D eigenvalue weighted by Crippen LogP contribution is -2.31. The Morgan fingerprint density at radius 2 is 2.00 bits per heavy atom. The first kappa shape index (κ1) is 16.2. The lowest BCUT2D eigenvalue weighted by atomic mass is 10.1. The van der Waals surface area contributed by atoms with E-state index >= 15 is 0 Å². The summed E-state index contributed by atoms with van der Waals surface area (Å²) in [6.07, 6.45) is 6.91. The topological polar surface area (TPSA) is 80.2 Å². The van der Waals surface area contributed by atoms with Gasteiger partial charge in [0.1, 0.15) is 0 Å². The van der Waals surface area contributed by atoms with Crippen molar-refractivity contribution in [3.63, 3.8) is 0 Å². The van der Waals surface area contributed by atoms with E-state index in [2.05, 4.69) is 25.2 Å². The van der Waals surface area contributed by atoms with Gasteiger partial charge in [0.25, 0.3) is 5.91 Å². The number of amides is 1. The molecule has 2 aromatic heterocycles. The van der Waals surface area contributed by atoms with Gasteiger partial charge in [0.15, 0.2) is 0 Å². The average molecular weight is 327 g/mol. The third-order valence-electron chi connectivity index (χ3n) is 3.98. The SMILES string of the molecule is COc1cc(C(=O)NCc2ccnc(N3CCCCC3)n2)ccn1. The maximum Gasteiger partial charge on any atom is 0.251 e. The van der Waals surface area contributed by atoms with E-state index in [-0.39, 0.29) is 5.91 Å². The average Bonchev–Trinajstić information content (AvgIpc) is 2.67. The van der Waals surface area contributed by atoms with Crippen molar-refractivity contribution in [3.05, 3.63) is 41.9 Å². The maximum absolute atomic E-state index is 12.2. The molecule has 1 aliphatic heterocycles. The molecule has 0 bridgehead atoms. The Labute approximate surface area is 141 Å². The van der Waals surface area contributed by atoms with E-state index in [1.54, 1.807) is 24.5 Å². The normalized spacial score (nSPS) is 14.3. The highest BCUT2D eigenvalue weighted by Crippen LogP contribution is 2.15. The highest BCUT2D eigenvalue weighted by Gasteiger charge is 2.14. The molecule has 0 atom stereocenters. The number of aromatic nitrogens is 3. The zero-order chi connectivity index (χ0) is 16.8. The van der Waals surface area contributed by atoms with Gasteiger partial charge in [-0.1, -0.05) is 0 Å². The smallest absolute Gasteiger partial charge is 0.251 e. The monoisotopic (exact) mass is 327 g/mol. The van der Waals surface area contributed by atoms with Gasteiger partial charge in [0.05, 0.1) is 19.3 Å². The fraction of sp³-hybridized carbons (Fsp3) is 0.412. The number of anilines is 1. The van der Waals surface area contributed by atoms with Crippen molar-refractivity contribution in [3.8, 4) is 5.88 Å². The van der Waals surface area contributed by atoms with Gasteiger partial charge in [-0.05, 0) is 31.4 Å². The van der Waals surface area contributed by atoms with Crippen molar-refractivity contribution in [1.29, 1.82) is 0 Å². The van der Waals surface area contributed by atoms with Gasteiger partial charge < -0.3 is 15.0 Å². The van der Waals surface area contributed by atoms with Crippen molar-refractivity contribution in [2.45, 2.75) is 25.8 Å². The molecule has 2 aromatic rings. The second kappa shape index (κ2) is 7.72. The summed E-state index contributed by atoms with van der Waals surface area (Å²) in [6, 6.07) is 5.08. The van der Waals surface area contributed by atoms with E-state index < -0.39 is 0 Å². The zero-order valence-corrected chi connectivity index (χ0v) is 13.7. The molecule has 1 fully saturated rings. The number of rotatable bonds is 5. The summed E-state index contributed by atoms with van der Waals surface area (Å²) in [5, 5.41) is 2.87. The number of hydrogen-bond donors (Lipinski definition) is 1. The first-order valence-electron chi connectivity index (χ1n) is 8.11. The number of carbonyl (C=O) groups is 1. The third-order valence-corrected chi connectivity index (χ3v) is 3.98. The van der Waals surface area contributed by atoms with E-state index in [0.29, 0.717) is 18.0 Å². The standard InChI is InChI=1S/C17H21N5O2/c1-24-15-11-13(5-7-18-15)16(23)20-12-14-6-8-19-17(21-14)22-9-3-2-4-10-22/h5-8,11H,2-4,9-10,12H2,1H3,(H,20,23). The van der Waals surface area contributed by atoms with E-state index in [1.807, 2.05) is 6.07 Å². The number of hydrogen-bond acceptors (Lipinski definition) is 6. The van der Waals surface area contributed by atoms with Crippen molar-refractivity contribution >= 4 is 11.9 Å². The van der Waals surface area contributed by atoms with Gasteiger partial charge in [-0.2, -0.15) is 0 Å². The fourth-order valence-electron chi connectivity index (χ4n) is 2.66. The summed E-state index contributed by atoms with van der Waals surface area (Å²) in [5.74, 6) is 0.970. The van der Waals surface area contributed by atoms with Crippen LogP contribution in [0.2, 0.25) is 0 Å². The number of ether oxygens (including phenoxy) is 1. The Balaban J connectivity index is 1.62. The predicted octanol–water partition coefficient (Wildman–Crippen LogP) is 1.80. The van der Waals surface area contributed by atoms with Gasteiger partial charge in [-0.15, -0.1) is 0 Å². The van der Waals surface area contributed by atoms with Gasteiger partial charge >= 0.3 is 0 Å². The lowest BCUT2D eigenvalue weighted by molar-refractivity contribution is 0.0950. The molecule has 1 saturated heterocycles. The minimum absolute atomic E-state index is 0.186. The van der Waals surface area contributed by atoms with Crippen LogP contribution in [-0.2, 0) is 6.54 Å². The van der Waals surface area contributed by atoms with E-state index in [4.69, 9.17) is 4.74 Å². The van der Waals surface area contributed by atoms with Crippen LogP contribution in [0.5, 0.6) is 5.88 Å². The molecule has 1 amide bonds. The highest BCUT2D eigenvalue weighted by atomic mass is 16.5. The minimum atomic E-state index is -0.186. The van der Waals surface area contributed by atoms with Crippen LogP contribution in [0.15, 0.2) is 30.6 Å². The molecule has 24 heavy (non-hydrogen) atoms. The van der Waals surface area contributed by atoms with Gasteiger partial charge in [-0.25, -0.2) is 15.0 Å². The van der Waals surface area contributed by atoms with Crippen LogP contribution in [0.4, 0.5) is 5.95 Å². The van der Waals surface area contributed by atoms with Crippen molar-refractivity contribution in [1.82, 2.24) is 20.3 Å². The molecule has 0 spiro atoms. The number of pyridine rings is 1. The molecule has 0 radical (unpaired) electrons. The van der Waals surface area contributed by atoms with Crippen molar-refractivity contribution < 1.29 is 9.53 Å². The van der Waals surface area contributed by atoms with Crippen molar-refractivity contribution in [2.24, 2.45) is 0 Å². The molecule has 3 rings (SSSR count). The number of methoxy groups -OCH3 is 1. The van der Waals surface area contributed by atoms with Crippen LogP contribution < -0.4 is 15.0 Å². The quantitative estimate of drug-likeness (QED) is 0.902. The zero-order valence-electron chi connectivity index (χ0n) is 13.7. The van der Waals surface area contributed by atoms with Crippen LogP contribution >= 0.6 is 0 Å². The second-order valence-electron chi connectivity index (χ2n) is 5.67. The maximum atomic E-state index is 12.2. The third kappa shape index (κ3) is 3.98. The summed E-state index contributed by atoms with van der Waals surface area (Å²) in [4.78, 5) is 27.3. The molecule has 0 unspecified atom stereocenters. The number of piperidine rings is 1. The first-order valence-corrected chi connectivity index (χ1v) is 8.11. The summed E-state index contributed by atoms with van der Waals surface area (Å²) >= 11 is 0. The Bertz CT molecular complexity index is 701. The highest BCUT2D eigenvalue weighted by molar-refractivity contribution is 5.94. The van der Waals surface area contributed by atoms with Gasteiger partial charge in [0, 0.05) is 37.1 Å². The minimum Gasteiger partial charge on any atom is -0.481 e. The van der Waals surface area contributed by atoms with E-state index in [9.17, 15) is 4.79 Å². The van der Waals surface area contributed by atoms with Gasteiger partial charge in [-0.3, -0.25) is 4.79 Å². The molecule has 3 heterocycles.